The van der Waals surface area contributed by atoms with Gasteiger partial charge in [0.1, 0.15) is 11.3 Å². The molecule has 118 valence electrons. The first kappa shape index (κ1) is 15.4. The number of aromatic nitrogens is 2. The predicted molar refractivity (Wildman–Crippen MR) is 93.7 cm³/mol. The van der Waals surface area contributed by atoms with Crippen LogP contribution >= 0.6 is 11.6 Å². The number of anilines is 2. The van der Waals surface area contributed by atoms with Crippen molar-refractivity contribution in [1.82, 2.24) is 9.38 Å². The Morgan fingerprint density at radius 1 is 1.17 bits per heavy atom. The first-order chi connectivity index (χ1) is 11.0. The van der Waals surface area contributed by atoms with Crippen molar-refractivity contribution in [3.05, 3.63) is 59.0 Å². The van der Waals surface area contributed by atoms with E-state index in [-0.39, 0.29) is 5.91 Å². The molecule has 0 saturated carbocycles. The van der Waals surface area contributed by atoms with Crippen LogP contribution in [0, 0.1) is 6.92 Å². The second-order valence-corrected chi connectivity index (χ2v) is 5.95. The van der Waals surface area contributed by atoms with Crippen molar-refractivity contribution in [1.29, 1.82) is 0 Å². The van der Waals surface area contributed by atoms with Crippen molar-refractivity contribution < 1.29 is 4.79 Å². The van der Waals surface area contributed by atoms with Crippen LogP contribution in [-0.2, 0) is 0 Å². The number of nitrogens with one attached hydrogen (secondary N) is 1. The van der Waals surface area contributed by atoms with Gasteiger partial charge in [-0.1, -0.05) is 11.6 Å². The van der Waals surface area contributed by atoms with E-state index in [0.717, 1.165) is 11.4 Å². The van der Waals surface area contributed by atoms with Crippen molar-refractivity contribution in [2.75, 3.05) is 24.3 Å². The molecule has 0 unspecified atom stereocenters. The molecule has 0 aliphatic carbocycles. The molecule has 1 aromatic carbocycles. The van der Waals surface area contributed by atoms with E-state index in [0.29, 0.717) is 22.1 Å². The molecule has 0 atom stereocenters. The molecule has 0 bridgehead atoms. The number of rotatable bonds is 3. The summed E-state index contributed by atoms with van der Waals surface area (Å²) in [6.07, 6.45) is 1.70. The number of carbonyl (C=O) groups is 1. The van der Waals surface area contributed by atoms with Gasteiger partial charge in [-0.15, -0.1) is 0 Å². The minimum Gasteiger partial charge on any atom is -0.378 e. The summed E-state index contributed by atoms with van der Waals surface area (Å²) < 4.78 is 1.71. The summed E-state index contributed by atoms with van der Waals surface area (Å²) in [5.41, 5.74) is 3.65. The van der Waals surface area contributed by atoms with Crippen LogP contribution in [0.4, 0.5) is 11.4 Å². The van der Waals surface area contributed by atoms with Crippen molar-refractivity contribution in [2.24, 2.45) is 0 Å². The van der Waals surface area contributed by atoms with Gasteiger partial charge < -0.3 is 10.2 Å². The molecule has 1 amide bonds. The van der Waals surface area contributed by atoms with Crippen LogP contribution in [0.15, 0.2) is 42.6 Å². The number of carbonyl (C=O) groups excluding carboxylic acids is 1. The predicted octanol–water partition coefficient (Wildman–Crippen LogP) is 3.61. The van der Waals surface area contributed by atoms with E-state index in [9.17, 15) is 4.79 Å². The Morgan fingerprint density at radius 2 is 1.87 bits per heavy atom. The molecule has 3 rings (SSSR count). The Kier molecular flexibility index (Phi) is 3.96. The summed E-state index contributed by atoms with van der Waals surface area (Å²) in [6, 6.07) is 11.2. The fourth-order valence-electron chi connectivity index (χ4n) is 2.44. The molecule has 0 fully saturated rings. The number of hydrogen-bond acceptors (Lipinski definition) is 3. The van der Waals surface area contributed by atoms with E-state index in [1.807, 2.05) is 50.2 Å². The van der Waals surface area contributed by atoms with Gasteiger partial charge in [0.25, 0.3) is 5.91 Å². The van der Waals surface area contributed by atoms with Crippen LogP contribution in [-0.4, -0.2) is 29.4 Å². The third kappa shape index (κ3) is 3.00. The van der Waals surface area contributed by atoms with Crippen LogP contribution in [0.25, 0.3) is 5.65 Å². The average molecular weight is 329 g/mol. The molecule has 5 nitrogen and oxygen atoms in total. The maximum Gasteiger partial charge on any atom is 0.274 e. The summed E-state index contributed by atoms with van der Waals surface area (Å²) in [7, 11) is 3.94. The third-order valence-electron chi connectivity index (χ3n) is 3.61. The van der Waals surface area contributed by atoms with E-state index in [1.165, 1.54) is 0 Å². The second kappa shape index (κ2) is 5.93. The Labute approximate surface area is 139 Å². The first-order valence-electron chi connectivity index (χ1n) is 7.18. The second-order valence-electron chi connectivity index (χ2n) is 5.52. The van der Waals surface area contributed by atoms with Gasteiger partial charge in [0.2, 0.25) is 0 Å². The lowest BCUT2D eigenvalue weighted by Crippen LogP contribution is -2.16. The number of aryl methyl sites for hydroxylation is 1. The van der Waals surface area contributed by atoms with Gasteiger partial charge in [-0.05, 0) is 43.3 Å². The zero-order valence-electron chi connectivity index (χ0n) is 13.2. The van der Waals surface area contributed by atoms with E-state index >= 15 is 0 Å². The Bertz CT molecular complexity index is 868. The number of nitrogens with zero attached hydrogens (tertiary/aromatic N) is 3. The van der Waals surface area contributed by atoms with Crippen molar-refractivity contribution in [3.63, 3.8) is 0 Å². The number of pyridine rings is 1. The quantitative estimate of drug-likeness (QED) is 0.799. The van der Waals surface area contributed by atoms with Crippen LogP contribution in [0.3, 0.4) is 0 Å². The van der Waals surface area contributed by atoms with E-state index in [4.69, 9.17) is 11.6 Å². The molecule has 3 aromatic rings. The van der Waals surface area contributed by atoms with Gasteiger partial charge in [0.15, 0.2) is 0 Å². The number of imidazole rings is 1. The van der Waals surface area contributed by atoms with Gasteiger partial charge in [-0.3, -0.25) is 9.20 Å². The van der Waals surface area contributed by atoms with Gasteiger partial charge in [0.05, 0.1) is 10.7 Å². The molecular formula is C17H17ClN4O. The Hall–Kier alpha value is -2.53. The van der Waals surface area contributed by atoms with Crippen molar-refractivity contribution in [3.8, 4) is 0 Å². The lowest BCUT2D eigenvalue weighted by Gasteiger charge is -2.13. The smallest absolute Gasteiger partial charge is 0.274 e. The van der Waals surface area contributed by atoms with E-state index in [1.54, 1.807) is 22.7 Å². The molecule has 2 heterocycles. The highest BCUT2D eigenvalue weighted by Crippen LogP contribution is 2.19. The monoisotopic (exact) mass is 328 g/mol. The van der Waals surface area contributed by atoms with E-state index in [2.05, 4.69) is 10.3 Å². The summed E-state index contributed by atoms with van der Waals surface area (Å²) in [6.45, 7) is 1.81. The molecule has 0 radical (unpaired) electrons. The number of hydrogen-bond donors (Lipinski definition) is 1. The minimum atomic E-state index is -0.213. The molecule has 2 aromatic heterocycles. The zero-order valence-corrected chi connectivity index (χ0v) is 13.9. The van der Waals surface area contributed by atoms with Gasteiger partial charge >= 0.3 is 0 Å². The summed E-state index contributed by atoms with van der Waals surface area (Å²) in [4.78, 5) is 19.0. The first-order valence-corrected chi connectivity index (χ1v) is 7.56. The third-order valence-corrected chi connectivity index (χ3v) is 3.84. The van der Waals surface area contributed by atoms with Crippen LogP contribution in [0.1, 0.15) is 16.2 Å². The van der Waals surface area contributed by atoms with Crippen LogP contribution < -0.4 is 10.2 Å². The molecule has 0 aliphatic heterocycles. The highest BCUT2D eigenvalue weighted by molar-refractivity contribution is 6.30. The SMILES string of the molecule is Cc1nc2ccc(Cl)cn2c1C(=O)Nc1ccc(N(C)C)cc1. The van der Waals surface area contributed by atoms with E-state index < -0.39 is 0 Å². The maximum atomic E-state index is 12.6. The van der Waals surface area contributed by atoms with Gasteiger partial charge in [0, 0.05) is 31.7 Å². The molecule has 6 heteroatoms. The summed E-state index contributed by atoms with van der Waals surface area (Å²) >= 11 is 6.03. The standard InChI is InChI=1S/C17H17ClN4O/c1-11-16(22-10-12(18)4-9-15(22)19-11)17(23)20-13-5-7-14(8-6-13)21(2)3/h4-10H,1-3H3,(H,20,23). The van der Waals surface area contributed by atoms with Gasteiger partial charge in [-0.25, -0.2) is 4.98 Å². The maximum absolute atomic E-state index is 12.6. The minimum absolute atomic E-state index is 0.213. The summed E-state index contributed by atoms with van der Waals surface area (Å²) in [5, 5.41) is 3.46. The highest BCUT2D eigenvalue weighted by Gasteiger charge is 2.17. The molecule has 0 aliphatic rings. The topological polar surface area (TPSA) is 49.6 Å². The molecule has 23 heavy (non-hydrogen) atoms. The molecule has 0 spiro atoms. The van der Waals surface area contributed by atoms with Crippen molar-refractivity contribution in [2.45, 2.75) is 6.92 Å². The Morgan fingerprint density at radius 3 is 2.52 bits per heavy atom. The van der Waals surface area contributed by atoms with Crippen LogP contribution in [0.2, 0.25) is 5.02 Å². The number of halogens is 1. The van der Waals surface area contributed by atoms with Gasteiger partial charge in [-0.2, -0.15) is 0 Å². The highest BCUT2D eigenvalue weighted by atomic mass is 35.5. The Balaban J connectivity index is 1.91. The lowest BCUT2D eigenvalue weighted by molar-refractivity contribution is 0.102. The fourth-order valence-corrected chi connectivity index (χ4v) is 2.60. The zero-order chi connectivity index (χ0) is 16.6. The molecular weight excluding hydrogens is 312 g/mol. The average Bonchev–Trinajstić information content (AvgIpc) is 2.83. The lowest BCUT2D eigenvalue weighted by atomic mass is 10.2. The largest absolute Gasteiger partial charge is 0.378 e. The molecule has 1 N–H and O–H groups in total. The fraction of sp³-hybridized carbons (Fsp3) is 0.176. The summed E-state index contributed by atoms with van der Waals surface area (Å²) in [5.74, 6) is -0.213. The van der Waals surface area contributed by atoms with Crippen LogP contribution in [0.5, 0.6) is 0 Å². The number of fused-ring (bicyclic) bond motifs is 1. The normalized spacial score (nSPS) is 10.8. The van der Waals surface area contributed by atoms with Crippen molar-refractivity contribution >= 4 is 34.5 Å². The number of benzene rings is 1. The number of amides is 1. The molecule has 0 saturated heterocycles.